The summed E-state index contributed by atoms with van der Waals surface area (Å²) in [7, 11) is 0. The Kier molecular flexibility index (Phi) is 6.28. The maximum atomic E-state index is 12.9. The predicted molar refractivity (Wildman–Crippen MR) is 115 cm³/mol. The number of rotatable bonds is 6. The van der Waals surface area contributed by atoms with Crippen LogP contribution in [0.5, 0.6) is 0 Å². The van der Waals surface area contributed by atoms with Crippen LogP contribution in [0.4, 0.5) is 5.69 Å². The second kappa shape index (κ2) is 9.08. The zero-order valence-electron chi connectivity index (χ0n) is 16.5. The molecule has 0 unspecified atom stereocenters. The van der Waals surface area contributed by atoms with Crippen LogP contribution in [-0.4, -0.2) is 60.4 Å². The van der Waals surface area contributed by atoms with Gasteiger partial charge in [0.05, 0.1) is 18.2 Å². The Hall–Kier alpha value is -2.21. The zero-order valence-corrected chi connectivity index (χ0v) is 17.2. The van der Waals surface area contributed by atoms with Gasteiger partial charge in [-0.15, -0.1) is 0 Å². The molecule has 0 aliphatic carbocycles. The highest BCUT2D eigenvalue weighted by molar-refractivity contribution is 6.30. The van der Waals surface area contributed by atoms with Crippen molar-refractivity contribution < 1.29 is 9.59 Å². The van der Waals surface area contributed by atoms with Gasteiger partial charge in [0.25, 0.3) is 5.91 Å². The molecule has 2 amide bonds. The highest BCUT2D eigenvalue weighted by atomic mass is 35.5. The molecule has 0 saturated carbocycles. The van der Waals surface area contributed by atoms with Crippen LogP contribution in [0.2, 0.25) is 5.02 Å². The van der Waals surface area contributed by atoms with E-state index in [-0.39, 0.29) is 24.3 Å². The third kappa shape index (κ3) is 4.69. The lowest BCUT2D eigenvalue weighted by molar-refractivity contribution is -0.123. The summed E-state index contributed by atoms with van der Waals surface area (Å²) in [6.45, 7) is 4.59. The number of halogens is 1. The van der Waals surface area contributed by atoms with Crippen molar-refractivity contribution >= 4 is 29.1 Å². The summed E-state index contributed by atoms with van der Waals surface area (Å²) in [5.74, 6) is -0.248. The summed E-state index contributed by atoms with van der Waals surface area (Å²) in [6, 6.07) is 17.1. The Morgan fingerprint density at radius 1 is 0.897 bits per heavy atom. The van der Waals surface area contributed by atoms with Crippen molar-refractivity contribution in [2.45, 2.75) is 25.3 Å². The number of carbonyl (C=O) groups excluding carboxylic acids is 2. The van der Waals surface area contributed by atoms with E-state index in [1.54, 1.807) is 24.3 Å². The van der Waals surface area contributed by atoms with Crippen molar-refractivity contribution in [1.82, 2.24) is 9.80 Å². The van der Waals surface area contributed by atoms with E-state index < -0.39 is 0 Å². The molecule has 2 aromatic rings. The lowest BCUT2D eigenvalue weighted by atomic mass is 10.1. The van der Waals surface area contributed by atoms with Crippen LogP contribution >= 0.6 is 11.6 Å². The molecule has 152 valence electrons. The number of benzene rings is 2. The first-order valence-electron chi connectivity index (χ1n) is 10.2. The van der Waals surface area contributed by atoms with Gasteiger partial charge < -0.3 is 4.90 Å². The Labute approximate surface area is 176 Å². The Morgan fingerprint density at radius 2 is 1.59 bits per heavy atom. The average Bonchev–Trinajstić information content (AvgIpc) is 3.04. The molecule has 2 saturated heterocycles. The Balaban J connectivity index is 1.28. The largest absolute Gasteiger partial charge is 0.301 e. The summed E-state index contributed by atoms with van der Waals surface area (Å²) >= 11 is 5.92. The van der Waals surface area contributed by atoms with Gasteiger partial charge in [-0.3, -0.25) is 14.5 Å². The normalized spacial score (nSPS) is 21.1. The first-order valence-corrected chi connectivity index (χ1v) is 10.6. The Morgan fingerprint density at radius 3 is 2.28 bits per heavy atom. The van der Waals surface area contributed by atoms with Gasteiger partial charge in [0.15, 0.2) is 0 Å². The number of imide groups is 1. The molecule has 0 radical (unpaired) electrons. The molecule has 6 heteroatoms. The van der Waals surface area contributed by atoms with Gasteiger partial charge in [0.1, 0.15) is 0 Å². The maximum absolute atomic E-state index is 12.9. The number of carbonyl (C=O) groups is 2. The number of nitrogens with zero attached hydrogens (tertiary/aromatic N) is 3. The van der Waals surface area contributed by atoms with Crippen molar-refractivity contribution in [2.24, 2.45) is 0 Å². The van der Waals surface area contributed by atoms with E-state index in [1.807, 2.05) is 6.07 Å². The molecule has 2 aliphatic heterocycles. The fraction of sp³-hybridized carbons (Fsp3) is 0.391. The van der Waals surface area contributed by atoms with E-state index in [4.69, 9.17) is 11.6 Å². The minimum Gasteiger partial charge on any atom is -0.301 e. The van der Waals surface area contributed by atoms with Gasteiger partial charge in [0.2, 0.25) is 5.91 Å². The van der Waals surface area contributed by atoms with Crippen molar-refractivity contribution in [1.29, 1.82) is 0 Å². The van der Waals surface area contributed by atoms with Gasteiger partial charge in [0, 0.05) is 31.2 Å². The molecule has 2 aromatic carbocycles. The summed E-state index contributed by atoms with van der Waals surface area (Å²) in [5.41, 5.74) is 1.98. The first-order chi connectivity index (χ1) is 14.1. The average molecular weight is 412 g/mol. The third-order valence-corrected chi connectivity index (χ3v) is 6.09. The van der Waals surface area contributed by atoms with Crippen LogP contribution in [0, 0.1) is 0 Å². The first kappa shape index (κ1) is 20.1. The lowest BCUT2D eigenvalue weighted by Gasteiger charge is -2.37. The zero-order chi connectivity index (χ0) is 20.2. The van der Waals surface area contributed by atoms with Crippen molar-refractivity contribution in [3.63, 3.8) is 0 Å². The fourth-order valence-corrected chi connectivity index (χ4v) is 4.34. The molecule has 4 rings (SSSR count). The highest BCUT2D eigenvalue weighted by Gasteiger charge is 2.43. The van der Waals surface area contributed by atoms with Crippen LogP contribution in [0.1, 0.15) is 18.4 Å². The molecule has 2 fully saturated rings. The van der Waals surface area contributed by atoms with Crippen LogP contribution in [0.3, 0.4) is 0 Å². The molecule has 0 bridgehead atoms. The van der Waals surface area contributed by atoms with E-state index in [1.165, 1.54) is 10.5 Å². The number of hydrogen-bond donors (Lipinski definition) is 0. The number of amides is 2. The molecular formula is C23H26ClN3O2. The summed E-state index contributed by atoms with van der Waals surface area (Å²) in [5, 5.41) is 0.591. The second-order valence-electron chi connectivity index (χ2n) is 7.73. The van der Waals surface area contributed by atoms with Gasteiger partial charge >= 0.3 is 0 Å². The van der Waals surface area contributed by atoms with Gasteiger partial charge in [-0.2, -0.15) is 0 Å². The van der Waals surface area contributed by atoms with Crippen LogP contribution in [0.15, 0.2) is 54.6 Å². The molecule has 0 aromatic heterocycles. The summed E-state index contributed by atoms with van der Waals surface area (Å²) < 4.78 is 0. The third-order valence-electron chi connectivity index (χ3n) is 5.84. The van der Waals surface area contributed by atoms with E-state index in [9.17, 15) is 9.59 Å². The molecule has 2 heterocycles. The smallest absolute Gasteiger partial charge is 0.251 e. The fourth-order valence-electron chi connectivity index (χ4n) is 4.21. The molecule has 29 heavy (non-hydrogen) atoms. The topological polar surface area (TPSA) is 43.9 Å². The summed E-state index contributed by atoms with van der Waals surface area (Å²) in [6.07, 6.45) is 2.48. The molecule has 1 atom stereocenters. The van der Waals surface area contributed by atoms with Crippen LogP contribution < -0.4 is 4.90 Å². The SMILES string of the molecule is O=C1C[C@H](N2CCN(CCCc3ccccc3)CC2)C(=O)N1c1ccc(Cl)cc1. The standard InChI is InChI=1S/C23H26ClN3O2/c24-19-8-10-20(11-9-19)27-22(28)17-21(23(27)29)26-15-13-25(14-16-26)12-4-7-18-5-2-1-3-6-18/h1-3,5-6,8-11,21H,4,7,12-17H2/t21-/m0/s1. The molecule has 0 spiro atoms. The maximum Gasteiger partial charge on any atom is 0.251 e. The number of aryl methyl sites for hydroxylation is 1. The Bertz CT molecular complexity index is 848. The highest BCUT2D eigenvalue weighted by Crippen LogP contribution is 2.27. The minimum absolute atomic E-state index is 0.116. The number of hydrogen-bond acceptors (Lipinski definition) is 4. The molecule has 2 aliphatic rings. The minimum atomic E-state index is -0.343. The number of piperazine rings is 1. The summed E-state index contributed by atoms with van der Waals surface area (Å²) in [4.78, 5) is 31.4. The van der Waals surface area contributed by atoms with Crippen LogP contribution in [0.25, 0.3) is 0 Å². The van der Waals surface area contributed by atoms with Gasteiger partial charge in [-0.05, 0) is 49.2 Å². The molecule has 0 N–H and O–H groups in total. The second-order valence-corrected chi connectivity index (χ2v) is 8.17. The van der Waals surface area contributed by atoms with Crippen molar-refractivity contribution in [3.8, 4) is 0 Å². The van der Waals surface area contributed by atoms with E-state index in [0.29, 0.717) is 10.7 Å². The van der Waals surface area contributed by atoms with Gasteiger partial charge in [-0.1, -0.05) is 41.9 Å². The van der Waals surface area contributed by atoms with E-state index in [0.717, 1.165) is 45.6 Å². The van der Waals surface area contributed by atoms with Crippen LogP contribution in [-0.2, 0) is 16.0 Å². The predicted octanol–water partition coefficient (Wildman–Crippen LogP) is 3.22. The van der Waals surface area contributed by atoms with E-state index in [2.05, 4.69) is 34.1 Å². The molecular weight excluding hydrogens is 386 g/mol. The monoisotopic (exact) mass is 411 g/mol. The van der Waals surface area contributed by atoms with Crippen molar-refractivity contribution in [3.05, 3.63) is 65.2 Å². The van der Waals surface area contributed by atoms with Gasteiger partial charge in [-0.25, -0.2) is 4.90 Å². The quantitative estimate of drug-likeness (QED) is 0.684. The number of anilines is 1. The van der Waals surface area contributed by atoms with Crippen molar-refractivity contribution in [2.75, 3.05) is 37.6 Å². The van der Waals surface area contributed by atoms with E-state index >= 15 is 0 Å². The lowest BCUT2D eigenvalue weighted by Crippen LogP contribution is -2.52. The molecule has 5 nitrogen and oxygen atoms in total.